The molecule has 0 saturated heterocycles. The molecule has 1 heterocycles. The molecule has 2 atom stereocenters. The molecule has 206 valence electrons. The van der Waals surface area contributed by atoms with Crippen molar-refractivity contribution >= 4 is 17.5 Å². The summed E-state index contributed by atoms with van der Waals surface area (Å²) in [6.07, 6.45) is 2.51. The Hall–Kier alpha value is -3.60. The van der Waals surface area contributed by atoms with Crippen LogP contribution in [0.1, 0.15) is 53.8 Å². The van der Waals surface area contributed by atoms with Gasteiger partial charge in [0.25, 0.3) is 0 Å². The van der Waals surface area contributed by atoms with Gasteiger partial charge in [0.1, 0.15) is 5.75 Å². The molecule has 1 amide bonds. The Labute approximate surface area is 242 Å². The zero-order valence-corrected chi connectivity index (χ0v) is 22.9. The molecule has 0 unspecified atom stereocenters. The van der Waals surface area contributed by atoms with Crippen LogP contribution in [0.15, 0.2) is 97.1 Å². The van der Waals surface area contributed by atoms with Crippen LogP contribution >= 0.6 is 11.6 Å². The Morgan fingerprint density at radius 3 is 2.12 bits per heavy atom. The number of carbonyl (C=O) groups excluding carboxylic acids is 1. The van der Waals surface area contributed by atoms with Crippen molar-refractivity contribution in [2.75, 3.05) is 6.54 Å². The molecule has 0 saturated carbocycles. The number of nitrogens with zero attached hydrogens (tertiary/aromatic N) is 2. The fourth-order valence-corrected chi connectivity index (χ4v) is 6.64. The number of halogens is 1. The van der Waals surface area contributed by atoms with E-state index >= 15 is 0 Å². The molecular weight excluding hydrogens is 516 g/mol. The molecule has 0 bridgehead atoms. The molecule has 4 aromatic carbocycles. The predicted molar refractivity (Wildman–Crippen MR) is 163 cm³/mol. The quantitative estimate of drug-likeness (QED) is 0.275. The maximum atomic E-state index is 14.5. The standard InChI is InChI=1S/C34H33ClN2O2.CH4/c1-23(36-19-18-24-10-4-6-14-29(24)33(36)30-15-7-8-16-31(30)35)34(39)37(22-27-13-5-9-17-32(27)38)28-20-25-11-2-3-12-26(25)21-28;/h2-17,23,28,33,38H,18-22H2,1H3;1H4/t23-,33+;/m0./s1. The van der Waals surface area contributed by atoms with Gasteiger partial charge < -0.3 is 10.0 Å². The van der Waals surface area contributed by atoms with E-state index < -0.39 is 0 Å². The Kier molecular flexibility index (Phi) is 8.30. The summed E-state index contributed by atoms with van der Waals surface area (Å²) in [5, 5.41) is 11.3. The SMILES string of the molecule is C.C[C@@H](C(=O)N(Cc1ccccc1O)C1Cc2ccccc2C1)N1CCc2ccccc2[C@@H]1c1ccccc1Cl. The molecule has 4 nitrogen and oxygen atoms in total. The van der Waals surface area contributed by atoms with Crippen LogP contribution in [0.3, 0.4) is 0 Å². The second kappa shape index (κ2) is 11.9. The molecule has 6 rings (SSSR count). The fourth-order valence-electron chi connectivity index (χ4n) is 6.40. The van der Waals surface area contributed by atoms with Gasteiger partial charge in [0.15, 0.2) is 0 Å². The van der Waals surface area contributed by atoms with E-state index in [0.717, 1.165) is 36.9 Å². The molecule has 0 aromatic heterocycles. The Balaban J connectivity index is 0.00000323. The fraction of sp³-hybridized carbons (Fsp3) is 0.286. The first-order chi connectivity index (χ1) is 19.0. The van der Waals surface area contributed by atoms with Gasteiger partial charge in [-0.05, 0) is 66.1 Å². The highest BCUT2D eigenvalue weighted by Crippen LogP contribution is 2.40. The van der Waals surface area contributed by atoms with Gasteiger partial charge in [0.05, 0.1) is 12.1 Å². The number of amides is 1. The predicted octanol–water partition coefficient (Wildman–Crippen LogP) is 7.21. The van der Waals surface area contributed by atoms with Crippen LogP contribution in [0.4, 0.5) is 0 Å². The lowest BCUT2D eigenvalue weighted by atomic mass is 9.87. The maximum absolute atomic E-state index is 14.5. The molecule has 1 N–H and O–H groups in total. The van der Waals surface area contributed by atoms with Gasteiger partial charge in [0.2, 0.25) is 5.91 Å². The van der Waals surface area contributed by atoms with Crippen LogP contribution in [-0.2, 0) is 30.6 Å². The average molecular weight is 553 g/mol. The number of para-hydroxylation sites is 1. The summed E-state index contributed by atoms with van der Waals surface area (Å²) >= 11 is 6.77. The number of fused-ring (bicyclic) bond motifs is 2. The first-order valence-corrected chi connectivity index (χ1v) is 14.1. The summed E-state index contributed by atoms with van der Waals surface area (Å²) in [6, 6.07) is 31.8. The first kappa shape index (κ1) is 27.9. The van der Waals surface area contributed by atoms with Gasteiger partial charge in [-0.3, -0.25) is 9.69 Å². The normalized spacial score (nSPS) is 17.4. The van der Waals surface area contributed by atoms with Gasteiger partial charge in [-0.1, -0.05) is 104 Å². The maximum Gasteiger partial charge on any atom is 0.240 e. The molecule has 0 spiro atoms. The number of aromatic hydroxyl groups is 1. The number of phenols is 1. The summed E-state index contributed by atoms with van der Waals surface area (Å²) in [4.78, 5) is 18.9. The highest BCUT2D eigenvalue weighted by atomic mass is 35.5. The Bertz CT molecular complexity index is 1480. The van der Waals surface area contributed by atoms with Crippen LogP contribution in [0.5, 0.6) is 5.75 Å². The molecule has 5 heteroatoms. The second-order valence-corrected chi connectivity index (χ2v) is 11.1. The zero-order valence-electron chi connectivity index (χ0n) is 22.1. The van der Waals surface area contributed by atoms with Crippen molar-refractivity contribution in [3.63, 3.8) is 0 Å². The zero-order chi connectivity index (χ0) is 26.9. The summed E-state index contributed by atoms with van der Waals surface area (Å²) in [7, 11) is 0. The van der Waals surface area contributed by atoms with Crippen molar-refractivity contribution < 1.29 is 9.90 Å². The summed E-state index contributed by atoms with van der Waals surface area (Å²) < 4.78 is 0. The van der Waals surface area contributed by atoms with Crippen molar-refractivity contribution in [1.82, 2.24) is 9.80 Å². The summed E-state index contributed by atoms with van der Waals surface area (Å²) in [5.41, 5.74) is 6.89. The monoisotopic (exact) mass is 552 g/mol. The van der Waals surface area contributed by atoms with Crippen molar-refractivity contribution in [3.05, 3.63) is 135 Å². The van der Waals surface area contributed by atoms with E-state index in [1.807, 2.05) is 48.2 Å². The Morgan fingerprint density at radius 1 is 0.875 bits per heavy atom. The van der Waals surface area contributed by atoms with Gasteiger partial charge in [-0.2, -0.15) is 0 Å². The lowest BCUT2D eigenvalue weighted by Crippen LogP contribution is -2.53. The van der Waals surface area contributed by atoms with E-state index in [1.54, 1.807) is 6.07 Å². The number of hydrogen-bond acceptors (Lipinski definition) is 3. The smallest absolute Gasteiger partial charge is 0.240 e. The van der Waals surface area contributed by atoms with Crippen LogP contribution in [-0.4, -0.2) is 39.4 Å². The van der Waals surface area contributed by atoms with E-state index in [9.17, 15) is 9.90 Å². The lowest BCUT2D eigenvalue weighted by Gasteiger charge is -2.43. The van der Waals surface area contributed by atoms with Crippen LogP contribution in [0.2, 0.25) is 5.02 Å². The number of hydrogen-bond donors (Lipinski definition) is 1. The van der Waals surface area contributed by atoms with E-state index in [0.29, 0.717) is 11.6 Å². The minimum absolute atomic E-state index is 0. The van der Waals surface area contributed by atoms with Gasteiger partial charge in [0, 0.05) is 29.7 Å². The minimum atomic E-state index is -0.380. The number of phenolic OH excluding ortho intramolecular Hbond substituents is 1. The van der Waals surface area contributed by atoms with E-state index in [-0.39, 0.29) is 37.2 Å². The molecule has 40 heavy (non-hydrogen) atoms. The van der Waals surface area contributed by atoms with Crippen molar-refractivity contribution in [2.24, 2.45) is 0 Å². The van der Waals surface area contributed by atoms with Crippen molar-refractivity contribution in [2.45, 2.75) is 58.3 Å². The highest BCUT2D eigenvalue weighted by Gasteiger charge is 2.39. The molecule has 1 aliphatic heterocycles. The highest BCUT2D eigenvalue weighted by molar-refractivity contribution is 6.31. The minimum Gasteiger partial charge on any atom is -0.508 e. The molecule has 1 aliphatic carbocycles. The third kappa shape index (κ3) is 5.26. The lowest BCUT2D eigenvalue weighted by molar-refractivity contribution is -0.140. The van der Waals surface area contributed by atoms with Crippen molar-refractivity contribution in [3.8, 4) is 5.75 Å². The second-order valence-electron chi connectivity index (χ2n) is 10.7. The molecule has 0 radical (unpaired) electrons. The third-order valence-electron chi connectivity index (χ3n) is 8.46. The van der Waals surface area contributed by atoms with E-state index in [2.05, 4.69) is 59.5 Å². The average Bonchev–Trinajstić information content (AvgIpc) is 3.40. The van der Waals surface area contributed by atoms with Crippen LogP contribution in [0.25, 0.3) is 0 Å². The number of benzene rings is 4. The molecule has 0 fully saturated rings. The van der Waals surface area contributed by atoms with Crippen molar-refractivity contribution in [1.29, 1.82) is 0 Å². The summed E-state index contributed by atoms with van der Waals surface area (Å²) in [6.45, 7) is 3.16. The first-order valence-electron chi connectivity index (χ1n) is 13.7. The van der Waals surface area contributed by atoms with Crippen LogP contribution < -0.4 is 0 Å². The molecular formula is C35H37ClN2O2. The van der Waals surface area contributed by atoms with Gasteiger partial charge >= 0.3 is 0 Å². The van der Waals surface area contributed by atoms with Crippen LogP contribution in [0, 0.1) is 0 Å². The molecule has 2 aliphatic rings. The van der Waals surface area contributed by atoms with E-state index in [4.69, 9.17) is 11.6 Å². The number of carbonyl (C=O) groups is 1. The topological polar surface area (TPSA) is 43.8 Å². The summed E-state index contributed by atoms with van der Waals surface area (Å²) in [5.74, 6) is 0.298. The van der Waals surface area contributed by atoms with E-state index in [1.165, 1.54) is 22.3 Å². The number of rotatable bonds is 6. The largest absolute Gasteiger partial charge is 0.508 e. The van der Waals surface area contributed by atoms with Gasteiger partial charge in [-0.25, -0.2) is 0 Å². The van der Waals surface area contributed by atoms with Gasteiger partial charge in [-0.15, -0.1) is 0 Å². The Morgan fingerprint density at radius 2 is 1.45 bits per heavy atom. The third-order valence-corrected chi connectivity index (χ3v) is 8.81. The molecule has 4 aromatic rings.